The number of nitrogens with one attached hydrogen (secondary N) is 1. The highest BCUT2D eigenvalue weighted by atomic mass is 32.2. The molecule has 0 aromatic heterocycles. The Kier molecular flexibility index (Phi) is 3.69. The maximum absolute atomic E-state index is 11.4. The van der Waals surface area contributed by atoms with Gasteiger partial charge in [0.15, 0.2) is 0 Å². The lowest BCUT2D eigenvalue weighted by atomic mass is 10.1. The van der Waals surface area contributed by atoms with Gasteiger partial charge in [-0.1, -0.05) is 0 Å². The summed E-state index contributed by atoms with van der Waals surface area (Å²) >= 11 is 0. The number of sulfonamides is 1. The van der Waals surface area contributed by atoms with E-state index >= 15 is 0 Å². The van der Waals surface area contributed by atoms with Gasteiger partial charge in [0.25, 0.3) is 0 Å². The van der Waals surface area contributed by atoms with E-state index in [0.29, 0.717) is 6.54 Å². The number of carboxylic acids is 1. The summed E-state index contributed by atoms with van der Waals surface area (Å²) in [4.78, 5) is 10.5. The van der Waals surface area contributed by atoms with Crippen molar-refractivity contribution in [3.05, 3.63) is 0 Å². The average molecular weight is 236 g/mol. The van der Waals surface area contributed by atoms with Gasteiger partial charge < -0.3 is 10.4 Å². The van der Waals surface area contributed by atoms with E-state index in [1.165, 1.54) is 4.31 Å². The first-order valence-electron chi connectivity index (χ1n) is 4.72. The van der Waals surface area contributed by atoms with Gasteiger partial charge in [0.1, 0.15) is 0 Å². The van der Waals surface area contributed by atoms with Crippen molar-refractivity contribution in [3.8, 4) is 0 Å². The fraction of sp³-hybridized carbons (Fsp3) is 0.875. The molecule has 0 spiro atoms. The predicted octanol–water partition coefficient (Wildman–Crippen LogP) is -0.917. The molecule has 0 aliphatic carbocycles. The Balaban J connectivity index is 2.68. The van der Waals surface area contributed by atoms with Crippen LogP contribution in [0.3, 0.4) is 0 Å². The largest absolute Gasteiger partial charge is 0.481 e. The SMILES string of the molecule is C[C@H]1CN[C@H](CC(=O)O)CN1S(C)(=O)=O. The van der Waals surface area contributed by atoms with Crippen LogP contribution in [0, 0.1) is 0 Å². The monoisotopic (exact) mass is 236 g/mol. The molecular weight excluding hydrogens is 220 g/mol. The van der Waals surface area contributed by atoms with Gasteiger partial charge in [-0.25, -0.2) is 8.42 Å². The molecule has 0 saturated carbocycles. The predicted molar refractivity (Wildman–Crippen MR) is 55.1 cm³/mol. The zero-order valence-corrected chi connectivity index (χ0v) is 9.62. The highest BCUT2D eigenvalue weighted by Gasteiger charge is 2.31. The van der Waals surface area contributed by atoms with E-state index in [2.05, 4.69) is 5.32 Å². The molecule has 88 valence electrons. The Morgan fingerprint density at radius 3 is 2.67 bits per heavy atom. The lowest BCUT2D eigenvalue weighted by Gasteiger charge is -2.36. The van der Waals surface area contributed by atoms with Crippen LogP contribution >= 0.6 is 0 Å². The second-order valence-electron chi connectivity index (χ2n) is 3.88. The van der Waals surface area contributed by atoms with Gasteiger partial charge in [0, 0.05) is 25.2 Å². The molecule has 15 heavy (non-hydrogen) atoms. The molecular formula is C8H16N2O4S. The van der Waals surface area contributed by atoms with Crippen LogP contribution in [0.5, 0.6) is 0 Å². The third-order valence-corrected chi connectivity index (χ3v) is 3.80. The first-order valence-corrected chi connectivity index (χ1v) is 6.57. The molecule has 1 saturated heterocycles. The van der Waals surface area contributed by atoms with Crippen LogP contribution < -0.4 is 5.32 Å². The van der Waals surface area contributed by atoms with E-state index in [0.717, 1.165) is 6.26 Å². The third kappa shape index (κ3) is 3.44. The number of rotatable bonds is 3. The number of piperazine rings is 1. The van der Waals surface area contributed by atoms with Crippen LogP contribution in [0.25, 0.3) is 0 Å². The molecule has 0 amide bonds. The van der Waals surface area contributed by atoms with Crippen LogP contribution in [-0.2, 0) is 14.8 Å². The lowest BCUT2D eigenvalue weighted by Crippen LogP contribution is -2.57. The summed E-state index contributed by atoms with van der Waals surface area (Å²) in [5.41, 5.74) is 0. The second-order valence-corrected chi connectivity index (χ2v) is 5.82. The first-order chi connectivity index (χ1) is 6.80. The van der Waals surface area contributed by atoms with Crippen molar-refractivity contribution >= 4 is 16.0 Å². The second kappa shape index (κ2) is 4.46. The van der Waals surface area contributed by atoms with Gasteiger partial charge in [-0.2, -0.15) is 4.31 Å². The van der Waals surface area contributed by atoms with Gasteiger partial charge in [0.2, 0.25) is 10.0 Å². The van der Waals surface area contributed by atoms with Crippen molar-refractivity contribution in [1.29, 1.82) is 0 Å². The number of nitrogens with zero attached hydrogens (tertiary/aromatic N) is 1. The molecule has 0 aromatic carbocycles. The van der Waals surface area contributed by atoms with Crippen molar-refractivity contribution in [2.24, 2.45) is 0 Å². The molecule has 0 bridgehead atoms. The Hall–Kier alpha value is -0.660. The van der Waals surface area contributed by atoms with E-state index in [1.54, 1.807) is 6.92 Å². The van der Waals surface area contributed by atoms with E-state index in [4.69, 9.17) is 5.11 Å². The molecule has 1 fully saturated rings. The molecule has 0 aromatic rings. The molecule has 1 rings (SSSR count). The van der Waals surface area contributed by atoms with Crippen LogP contribution in [0.15, 0.2) is 0 Å². The lowest BCUT2D eigenvalue weighted by molar-refractivity contribution is -0.137. The van der Waals surface area contributed by atoms with Gasteiger partial charge in [-0.3, -0.25) is 4.79 Å². The summed E-state index contributed by atoms with van der Waals surface area (Å²) < 4.78 is 24.1. The minimum absolute atomic E-state index is 0.0568. The Morgan fingerprint density at radius 2 is 2.20 bits per heavy atom. The van der Waals surface area contributed by atoms with E-state index in [9.17, 15) is 13.2 Å². The highest BCUT2D eigenvalue weighted by Crippen LogP contribution is 2.12. The van der Waals surface area contributed by atoms with Gasteiger partial charge >= 0.3 is 5.97 Å². The normalized spacial score (nSPS) is 28.9. The van der Waals surface area contributed by atoms with Gasteiger partial charge in [-0.05, 0) is 6.92 Å². The number of hydrogen-bond acceptors (Lipinski definition) is 4. The standard InChI is InChI=1S/C8H16N2O4S/c1-6-4-9-7(3-8(11)12)5-10(6)15(2,13)14/h6-7,9H,3-5H2,1-2H3,(H,11,12)/t6-,7+/m0/s1. The van der Waals surface area contributed by atoms with Crippen LogP contribution in [0.4, 0.5) is 0 Å². The molecule has 1 heterocycles. The molecule has 2 N–H and O–H groups in total. The summed E-state index contributed by atoms with van der Waals surface area (Å²) in [6.07, 6.45) is 1.09. The number of aliphatic carboxylic acids is 1. The van der Waals surface area contributed by atoms with E-state index in [1.807, 2.05) is 0 Å². The molecule has 7 heteroatoms. The summed E-state index contributed by atoms with van der Waals surface area (Å²) in [7, 11) is -3.24. The first kappa shape index (κ1) is 12.4. The summed E-state index contributed by atoms with van der Waals surface area (Å²) in [5, 5.41) is 11.6. The quantitative estimate of drug-likeness (QED) is 0.662. The molecule has 1 aliphatic heterocycles. The Bertz CT molecular complexity index is 341. The number of carboxylic acid groups (broad SMARTS) is 1. The van der Waals surface area contributed by atoms with Crippen molar-refractivity contribution in [1.82, 2.24) is 9.62 Å². The van der Waals surface area contributed by atoms with Crippen LogP contribution in [-0.4, -0.2) is 55.2 Å². The Labute approximate surface area is 89.3 Å². The maximum Gasteiger partial charge on any atom is 0.304 e. The van der Waals surface area contributed by atoms with Gasteiger partial charge in [-0.15, -0.1) is 0 Å². The fourth-order valence-electron chi connectivity index (χ4n) is 1.71. The number of carbonyl (C=O) groups is 1. The van der Waals surface area contributed by atoms with E-state index in [-0.39, 0.29) is 25.0 Å². The maximum atomic E-state index is 11.4. The highest BCUT2D eigenvalue weighted by molar-refractivity contribution is 7.88. The van der Waals surface area contributed by atoms with Crippen molar-refractivity contribution in [3.63, 3.8) is 0 Å². The van der Waals surface area contributed by atoms with Crippen molar-refractivity contribution in [2.45, 2.75) is 25.4 Å². The molecule has 6 nitrogen and oxygen atoms in total. The topological polar surface area (TPSA) is 86.7 Å². The Morgan fingerprint density at radius 1 is 1.60 bits per heavy atom. The molecule has 2 atom stereocenters. The zero-order chi connectivity index (χ0) is 11.6. The zero-order valence-electron chi connectivity index (χ0n) is 8.80. The van der Waals surface area contributed by atoms with Crippen LogP contribution in [0.1, 0.15) is 13.3 Å². The molecule has 0 radical (unpaired) electrons. The summed E-state index contributed by atoms with van der Waals surface area (Å²) in [5.74, 6) is -0.921. The number of hydrogen-bond donors (Lipinski definition) is 2. The van der Waals surface area contributed by atoms with Crippen molar-refractivity contribution in [2.75, 3.05) is 19.3 Å². The summed E-state index contributed by atoms with van der Waals surface area (Å²) in [6, 6.07) is -0.418. The third-order valence-electron chi connectivity index (χ3n) is 2.44. The average Bonchev–Trinajstić information content (AvgIpc) is 2.05. The minimum Gasteiger partial charge on any atom is -0.481 e. The smallest absolute Gasteiger partial charge is 0.304 e. The fourth-order valence-corrected chi connectivity index (χ4v) is 2.89. The molecule has 1 aliphatic rings. The van der Waals surface area contributed by atoms with Gasteiger partial charge in [0.05, 0.1) is 12.7 Å². The van der Waals surface area contributed by atoms with Crippen molar-refractivity contribution < 1.29 is 18.3 Å². The van der Waals surface area contributed by atoms with E-state index < -0.39 is 16.0 Å². The van der Waals surface area contributed by atoms with Crippen LogP contribution in [0.2, 0.25) is 0 Å². The summed E-state index contributed by atoms with van der Waals surface area (Å²) in [6.45, 7) is 2.52. The minimum atomic E-state index is -3.24. The molecule has 0 unspecified atom stereocenters.